The molecule has 0 radical (unpaired) electrons. The van der Waals surface area contributed by atoms with Crippen molar-refractivity contribution in [2.24, 2.45) is 5.41 Å². The Morgan fingerprint density at radius 2 is 1.68 bits per heavy atom. The van der Waals surface area contributed by atoms with Crippen LogP contribution in [0.15, 0.2) is 54.6 Å². The molecule has 1 N–H and O–H groups in total. The van der Waals surface area contributed by atoms with E-state index in [4.69, 9.17) is 0 Å². The van der Waals surface area contributed by atoms with Crippen LogP contribution < -0.4 is 10.2 Å². The zero-order valence-corrected chi connectivity index (χ0v) is 14.3. The first-order valence-corrected chi connectivity index (χ1v) is 8.20. The number of hydrogen-bond acceptors (Lipinski definition) is 3. The van der Waals surface area contributed by atoms with Gasteiger partial charge in [0.15, 0.2) is 5.78 Å². The van der Waals surface area contributed by atoms with E-state index >= 15 is 0 Å². The highest BCUT2D eigenvalue weighted by Crippen LogP contribution is 2.48. The Morgan fingerprint density at radius 3 is 2.28 bits per heavy atom. The monoisotopic (exact) mass is 336 g/mol. The standard InChI is InChI=1S/C20H20N2O3/c1-14(23)15-7-6-8-16(13-15)21-18(24)20(11-12-20)19(25)22(2)17-9-4-3-5-10-17/h3-10,13H,11-12H2,1-2H3,(H,21,24). The smallest absolute Gasteiger partial charge is 0.242 e. The molecule has 5 heteroatoms. The van der Waals surface area contributed by atoms with Gasteiger partial charge in [0.25, 0.3) is 0 Å². The summed E-state index contributed by atoms with van der Waals surface area (Å²) in [6, 6.07) is 16.0. The maximum Gasteiger partial charge on any atom is 0.242 e. The Morgan fingerprint density at radius 1 is 1.00 bits per heavy atom. The fourth-order valence-electron chi connectivity index (χ4n) is 2.82. The minimum atomic E-state index is -1.02. The summed E-state index contributed by atoms with van der Waals surface area (Å²) in [4.78, 5) is 38.6. The van der Waals surface area contributed by atoms with E-state index in [0.717, 1.165) is 5.69 Å². The van der Waals surface area contributed by atoms with Gasteiger partial charge in [-0.2, -0.15) is 0 Å². The summed E-state index contributed by atoms with van der Waals surface area (Å²) in [7, 11) is 1.68. The molecule has 25 heavy (non-hydrogen) atoms. The van der Waals surface area contributed by atoms with Gasteiger partial charge in [-0.25, -0.2) is 0 Å². The number of ketones is 1. The lowest BCUT2D eigenvalue weighted by atomic mass is 10.0. The summed E-state index contributed by atoms with van der Waals surface area (Å²) in [5.74, 6) is -0.600. The van der Waals surface area contributed by atoms with Gasteiger partial charge in [-0.15, -0.1) is 0 Å². The van der Waals surface area contributed by atoms with E-state index in [0.29, 0.717) is 24.1 Å². The Hall–Kier alpha value is -2.95. The Balaban J connectivity index is 1.76. The zero-order chi connectivity index (χ0) is 18.0. The van der Waals surface area contributed by atoms with Gasteiger partial charge in [-0.3, -0.25) is 14.4 Å². The van der Waals surface area contributed by atoms with Crippen molar-refractivity contribution in [3.63, 3.8) is 0 Å². The number of nitrogens with zero attached hydrogens (tertiary/aromatic N) is 1. The number of carbonyl (C=O) groups is 3. The molecule has 3 rings (SSSR count). The van der Waals surface area contributed by atoms with Gasteiger partial charge in [0.1, 0.15) is 5.41 Å². The fraction of sp³-hybridized carbons (Fsp3) is 0.250. The van der Waals surface area contributed by atoms with Crippen molar-refractivity contribution in [2.45, 2.75) is 19.8 Å². The maximum atomic E-state index is 12.8. The van der Waals surface area contributed by atoms with Gasteiger partial charge in [0, 0.05) is 24.0 Å². The lowest BCUT2D eigenvalue weighted by Crippen LogP contribution is -2.41. The normalized spacial score (nSPS) is 14.5. The second-order valence-corrected chi connectivity index (χ2v) is 6.37. The Kier molecular flexibility index (Phi) is 4.40. The number of hydrogen-bond donors (Lipinski definition) is 1. The molecule has 1 aliphatic rings. The first-order valence-electron chi connectivity index (χ1n) is 8.20. The highest BCUT2D eigenvalue weighted by Gasteiger charge is 2.57. The minimum Gasteiger partial charge on any atom is -0.325 e. The summed E-state index contributed by atoms with van der Waals surface area (Å²) in [5.41, 5.74) is 0.788. The molecule has 1 fully saturated rings. The quantitative estimate of drug-likeness (QED) is 0.673. The van der Waals surface area contributed by atoms with Crippen molar-refractivity contribution in [3.05, 3.63) is 60.2 Å². The van der Waals surface area contributed by atoms with Gasteiger partial charge in [-0.05, 0) is 44.0 Å². The molecule has 0 aromatic heterocycles. The number of nitrogens with one attached hydrogen (secondary N) is 1. The zero-order valence-electron chi connectivity index (χ0n) is 14.3. The molecular weight excluding hydrogens is 316 g/mol. The van der Waals surface area contributed by atoms with Crippen LogP contribution in [0.4, 0.5) is 11.4 Å². The van der Waals surface area contributed by atoms with Crippen LogP contribution >= 0.6 is 0 Å². The van der Waals surface area contributed by atoms with Crippen LogP contribution in [0.5, 0.6) is 0 Å². The molecule has 0 aliphatic heterocycles. The van der Waals surface area contributed by atoms with Crippen LogP contribution in [-0.2, 0) is 9.59 Å². The van der Waals surface area contributed by atoms with Gasteiger partial charge in [-0.1, -0.05) is 30.3 Å². The summed E-state index contributed by atoms with van der Waals surface area (Å²) in [5, 5.41) is 2.79. The first kappa shape index (κ1) is 16.9. The molecule has 2 aromatic rings. The number of carbonyl (C=O) groups excluding carboxylic acids is 3. The van der Waals surface area contributed by atoms with E-state index < -0.39 is 5.41 Å². The third kappa shape index (κ3) is 3.31. The van der Waals surface area contributed by atoms with Gasteiger partial charge < -0.3 is 10.2 Å². The molecule has 128 valence electrons. The lowest BCUT2D eigenvalue weighted by Gasteiger charge is -2.23. The van der Waals surface area contributed by atoms with E-state index in [1.807, 2.05) is 30.3 Å². The number of amides is 2. The molecule has 5 nitrogen and oxygen atoms in total. The molecule has 2 aromatic carbocycles. The maximum absolute atomic E-state index is 12.8. The van der Waals surface area contributed by atoms with Crippen LogP contribution in [0.2, 0.25) is 0 Å². The number of anilines is 2. The molecule has 0 unspecified atom stereocenters. The lowest BCUT2D eigenvalue weighted by molar-refractivity contribution is -0.132. The number of Topliss-reactive ketones (excluding diaryl/α,β-unsaturated/α-hetero) is 1. The predicted octanol–water partition coefficient (Wildman–Crippen LogP) is 3.27. The number of rotatable bonds is 5. The average molecular weight is 336 g/mol. The molecule has 1 saturated carbocycles. The van der Waals surface area contributed by atoms with Crippen LogP contribution in [0.3, 0.4) is 0 Å². The number of benzene rings is 2. The van der Waals surface area contributed by atoms with Crippen LogP contribution in [0.1, 0.15) is 30.1 Å². The fourth-order valence-corrected chi connectivity index (χ4v) is 2.82. The Bertz CT molecular complexity index is 826. The van der Waals surface area contributed by atoms with Gasteiger partial charge in [0.05, 0.1) is 0 Å². The van der Waals surface area contributed by atoms with E-state index in [9.17, 15) is 14.4 Å². The van der Waals surface area contributed by atoms with E-state index in [2.05, 4.69) is 5.32 Å². The first-order chi connectivity index (χ1) is 11.9. The predicted molar refractivity (Wildman–Crippen MR) is 96.6 cm³/mol. The summed E-state index contributed by atoms with van der Waals surface area (Å²) in [6.45, 7) is 1.47. The summed E-state index contributed by atoms with van der Waals surface area (Å²) < 4.78 is 0. The van der Waals surface area contributed by atoms with Crippen LogP contribution in [0, 0.1) is 5.41 Å². The van der Waals surface area contributed by atoms with Crippen LogP contribution in [0.25, 0.3) is 0 Å². The van der Waals surface area contributed by atoms with Crippen molar-refractivity contribution in [2.75, 3.05) is 17.3 Å². The van der Waals surface area contributed by atoms with Gasteiger partial charge in [0.2, 0.25) is 11.8 Å². The molecule has 0 spiro atoms. The molecule has 2 amide bonds. The van der Waals surface area contributed by atoms with Crippen molar-refractivity contribution in [1.29, 1.82) is 0 Å². The third-order valence-corrected chi connectivity index (χ3v) is 4.57. The molecule has 0 atom stereocenters. The highest BCUT2D eigenvalue weighted by atomic mass is 16.2. The van der Waals surface area contributed by atoms with Crippen molar-refractivity contribution in [3.8, 4) is 0 Å². The second-order valence-electron chi connectivity index (χ2n) is 6.37. The van der Waals surface area contributed by atoms with Crippen molar-refractivity contribution in [1.82, 2.24) is 0 Å². The van der Waals surface area contributed by atoms with Gasteiger partial charge >= 0.3 is 0 Å². The molecule has 0 bridgehead atoms. The molecule has 0 saturated heterocycles. The highest BCUT2D eigenvalue weighted by molar-refractivity contribution is 6.17. The van der Waals surface area contributed by atoms with E-state index in [-0.39, 0.29) is 17.6 Å². The van der Waals surface area contributed by atoms with Crippen molar-refractivity contribution >= 4 is 29.0 Å². The minimum absolute atomic E-state index is 0.0721. The topological polar surface area (TPSA) is 66.5 Å². The Labute approximate surface area is 146 Å². The SMILES string of the molecule is CC(=O)c1cccc(NC(=O)C2(C(=O)N(C)c3ccccc3)CC2)c1. The summed E-state index contributed by atoms with van der Waals surface area (Å²) in [6.07, 6.45) is 1.06. The van der Waals surface area contributed by atoms with E-state index in [1.54, 1.807) is 31.3 Å². The number of para-hydroxylation sites is 1. The van der Waals surface area contributed by atoms with Crippen molar-refractivity contribution < 1.29 is 14.4 Å². The average Bonchev–Trinajstić information content (AvgIpc) is 3.43. The second kappa shape index (κ2) is 6.51. The molecule has 1 aliphatic carbocycles. The van der Waals surface area contributed by atoms with Crippen LogP contribution in [-0.4, -0.2) is 24.6 Å². The van der Waals surface area contributed by atoms with E-state index in [1.165, 1.54) is 11.8 Å². The summed E-state index contributed by atoms with van der Waals surface area (Å²) >= 11 is 0. The largest absolute Gasteiger partial charge is 0.325 e. The molecular formula is C20H20N2O3. The molecule has 0 heterocycles. The third-order valence-electron chi connectivity index (χ3n) is 4.57.